The standard InChI is InChI=1S/C5H5BrN2O2/c6-5-2-1-4(3-7-5)8(9)10/h1-3,8-9H. The molecule has 0 aliphatic rings. The number of nitrogens with zero attached hydrogens (tertiary/aromatic N) is 1. The highest BCUT2D eigenvalue weighted by Gasteiger charge is 1.97. The summed E-state index contributed by atoms with van der Waals surface area (Å²) in [5, 5.41) is 17.7. The van der Waals surface area contributed by atoms with Crippen LogP contribution in [0.2, 0.25) is 0 Å². The minimum absolute atomic E-state index is 0.197. The summed E-state index contributed by atoms with van der Waals surface area (Å²) in [6, 6.07) is 3.07. The van der Waals surface area contributed by atoms with Gasteiger partial charge in [0, 0.05) is 6.07 Å². The Morgan fingerprint density at radius 2 is 2.30 bits per heavy atom. The highest BCUT2D eigenvalue weighted by molar-refractivity contribution is 9.10. The smallest absolute Gasteiger partial charge is 0.182 e. The van der Waals surface area contributed by atoms with Gasteiger partial charge in [0.15, 0.2) is 5.69 Å². The van der Waals surface area contributed by atoms with Crippen molar-refractivity contribution in [3.05, 3.63) is 28.1 Å². The van der Waals surface area contributed by atoms with Crippen molar-refractivity contribution in [3.63, 3.8) is 0 Å². The van der Waals surface area contributed by atoms with E-state index in [0.29, 0.717) is 4.60 Å². The molecule has 0 aliphatic heterocycles. The van der Waals surface area contributed by atoms with E-state index >= 15 is 0 Å². The molecule has 1 heterocycles. The molecule has 0 bridgehead atoms. The lowest BCUT2D eigenvalue weighted by atomic mass is 10.4. The molecule has 0 aromatic carbocycles. The average Bonchev–Trinajstić information content (AvgIpc) is 1.88. The van der Waals surface area contributed by atoms with Crippen molar-refractivity contribution in [3.8, 4) is 0 Å². The molecule has 5 heteroatoms. The lowest BCUT2D eigenvalue weighted by molar-refractivity contribution is -0.991. The molecule has 1 aromatic rings. The largest absolute Gasteiger partial charge is 0.595 e. The summed E-state index contributed by atoms with van der Waals surface area (Å²) in [5.41, 5.74) is 0.197. The predicted molar refractivity (Wildman–Crippen MR) is 37.7 cm³/mol. The van der Waals surface area contributed by atoms with E-state index in [2.05, 4.69) is 20.9 Å². The van der Waals surface area contributed by atoms with Crippen LogP contribution in [-0.4, -0.2) is 10.2 Å². The van der Waals surface area contributed by atoms with Crippen molar-refractivity contribution >= 4 is 21.6 Å². The van der Waals surface area contributed by atoms with Gasteiger partial charge < -0.3 is 5.21 Å². The molecule has 0 saturated carbocycles. The Morgan fingerprint density at radius 3 is 2.70 bits per heavy atom. The first kappa shape index (κ1) is 7.62. The number of aromatic nitrogens is 1. The third-order valence-corrected chi connectivity index (χ3v) is 1.44. The third kappa shape index (κ3) is 1.74. The number of hydrogen-bond acceptors (Lipinski definition) is 3. The molecule has 0 spiro atoms. The highest BCUT2D eigenvalue weighted by atomic mass is 79.9. The molecule has 0 saturated heterocycles. The normalized spacial score (nSPS) is 13.1. The first-order valence-corrected chi connectivity index (χ1v) is 3.34. The molecule has 10 heavy (non-hydrogen) atoms. The second-order valence-electron chi connectivity index (χ2n) is 1.67. The van der Waals surface area contributed by atoms with E-state index < -0.39 is 5.23 Å². The maximum Gasteiger partial charge on any atom is 0.182 e. The quantitative estimate of drug-likeness (QED) is 0.510. The van der Waals surface area contributed by atoms with E-state index in [9.17, 15) is 5.21 Å². The molecule has 0 aliphatic carbocycles. The molecule has 54 valence electrons. The van der Waals surface area contributed by atoms with E-state index in [4.69, 9.17) is 5.21 Å². The Morgan fingerprint density at radius 1 is 1.60 bits per heavy atom. The van der Waals surface area contributed by atoms with Gasteiger partial charge in [-0.15, -0.1) is 0 Å². The number of quaternary nitrogens is 1. The van der Waals surface area contributed by atoms with Gasteiger partial charge in [0.05, 0.1) is 6.20 Å². The summed E-state index contributed by atoms with van der Waals surface area (Å²) < 4.78 is 0.637. The van der Waals surface area contributed by atoms with Gasteiger partial charge in [-0.2, -0.15) is 5.23 Å². The van der Waals surface area contributed by atoms with Crippen LogP contribution in [0.15, 0.2) is 22.9 Å². The Bertz CT molecular complexity index is 211. The van der Waals surface area contributed by atoms with Gasteiger partial charge >= 0.3 is 0 Å². The first-order valence-electron chi connectivity index (χ1n) is 2.55. The topological polar surface area (TPSA) is 60.6 Å². The summed E-state index contributed by atoms with van der Waals surface area (Å²) in [5.74, 6) is 0. The van der Waals surface area contributed by atoms with Crippen LogP contribution in [-0.2, 0) is 0 Å². The summed E-state index contributed by atoms with van der Waals surface area (Å²) in [4.78, 5) is 3.74. The molecule has 1 unspecified atom stereocenters. The van der Waals surface area contributed by atoms with Crippen LogP contribution in [0, 0.1) is 5.21 Å². The minimum atomic E-state index is -0.958. The fourth-order valence-electron chi connectivity index (χ4n) is 0.502. The molecule has 4 nitrogen and oxygen atoms in total. The fourth-order valence-corrected chi connectivity index (χ4v) is 0.737. The summed E-state index contributed by atoms with van der Waals surface area (Å²) in [6.45, 7) is 0. The number of rotatable bonds is 1. The lowest BCUT2D eigenvalue weighted by Gasteiger charge is -2.09. The Hall–Kier alpha value is -0.490. The molecular weight excluding hydrogens is 200 g/mol. The van der Waals surface area contributed by atoms with Gasteiger partial charge in [0.2, 0.25) is 0 Å². The van der Waals surface area contributed by atoms with Crippen LogP contribution in [0.1, 0.15) is 0 Å². The third-order valence-electron chi connectivity index (χ3n) is 0.974. The molecular formula is C5H5BrN2O2. The Balaban J connectivity index is 2.89. The van der Waals surface area contributed by atoms with Crippen molar-refractivity contribution < 1.29 is 10.4 Å². The van der Waals surface area contributed by atoms with E-state index in [1.165, 1.54) is 12.3 Å². The van der Waals surface area contributed by atoms with Crippen LogP contribution in [0.3, 0.4) is 0 Å². The van der Waals surface area contributed by atoms with Crippen LogP contribution >= 0.6 is 15.9 Å². The second kappa shape index (κ2) is 3.07. The molecule has 1 rings (SSSR count). The van der Waals surface area contributed by atoms with Gasteiger partial charge in [0.1, 0.15) is 4.60 Å². The Kier molecular flexibility index (Phi) is 2.34. The van der Waals surface area contributed by atoms with Crippen molar-refractivity contribution in [1.29, 1.82) is 0 Å². The van der Waals surface area contributed by atoms with Crippen molar-refractivity contribution in [1.82, 2.24) is 4.98 Å². The summed E-state index contributed by atoms with van der Waals surface area (Å²) in [6.07, 6.45) is 1.30. The molecule has 0 radical (unpaired) electrons. The first-order chi connectivity index (χ1) is 4.70. The highest BCUT2D eigenvalue weighted by Crippen LogP contribution is 2.06. The minimum Gasteiger partial charge on any atom is -0.595 e. The number of halogens is 1. The zero-order valence-corrected chi connectivity index (χ0v) is 6.50. The number of pyridine rings is 1. The van der Waals surface area contributed by atoms with Crippen LogP contribution in [0.5, 0.6) is 0 Å². The fraction of sp³-hybridized carbons (Fsp3) is 0. The van der Waals surface area contributed by atoms with Crippen LogP contribution in [0.4, 0.5) is 5.69 Å². The maximum atomic E-state index is 10.3. The Labute approximate surface area is 65.8 Å². The van der Waals surface area contributed by atoms with Crippen molar-refractivity contribution in [2.24, 2.45) is 0 Å². The molecule has 1 atom stereocenters. The van der Waals surface area contributed by atoms with E-state index in [1.54, 1.807) is 6.07 Å². The second-order valence-corrected chi connectivity index (χ2v) is 2.49. The zero-order chi connectivity index (χ0) is 7.56. The SMILES string of the molecule is [O-][NH+](O)c1ccc(Br)nc1. The number of hydrogen-bond donors (Lipinski definition) is 2. The van der Waals surface area contributed by atoms with Gasteiger partial charge in [0.25, 0.3) is 0 Å². The van der Waals surface area contributed by atoms with Crippen molar-refractivity contribution in [2.45, 2.75) is 0 Å². The average molecular weight is 205 g/mol. The maximum absolute atomic E-state index is 10.3. The summed E-state index contributed by atoms with van der Waals surface area (Å²) in [7, 11) is 0. The van der Waals surface area contributed by atoms with E-state index in [0.717, 1.165) is 0 Å². The van der Waals surface area contributed by atoms with Gasteiger partial charge in [-0.1, -0.05) is 0 Å². The van der Waals surface area contributed by atoms with Gasteiger partial charge in [-0.05, 0) is 22.0 Å². The van der Waals surface area contributed by atoms with Crippen molar-refractivity contribution in [2.75, 3.05) is 0 Å². The van der Waals surface area contributed by atoms with Crippen LogP contribution in [0.25, 0.3) is 0 Å². The number of nitrogens with one attached hydrogen (secondary N) is 1. The molecule has 0 fully saturated rings. The monoisotopic (exact) mass is 204 g/mol. The van der Waals surface area contributed by atoms with Crippen LogP contribution < -0.4 is 5.23 Å². The van der Waals surface area contributed by atoms with E-state index in [-0.39, 0.29) is 5.69 Å². The summed E-state index contributed by atoms with van der Waals surface area (Å²) >= 11 is 3.09. The lowest BCUT2D eigenvalue weighted by Crippen LogP contribution is -2.99. The van der Waals surface area contributed by atoms with E-state index in [1.807, 2.05) is 0 Å². The molecule has 2 N–H and O–H groups in total. The molecule has 0 amide bonds. The van der Waals surface area contributed by atoms with Gasteiger partial charge in [-0.25, -0.2) is 10.2 Å². The van der Waals surface area contributed by atoms with Gasteiger partial charge in [-0.3, -0.25) is 0 Å². The molecule has 1 aromatic heterocycles. The zero-order valence-electron chi connectivity index (χ0n) is 4.91. The predicted octanol–water partition coefficient (Wildman–Crippen LogP) is 0.247.